The number of halogens is 2. The van der Waals surface area contributed by atoms with Crippen molar-refractivity contribution in [3.8, 4) is 5.75 Å². The monoisotopic (exact) mass is 396 g/mol. The molecular formula is C18H18Cl2N2O2S. The van der Waals surface area contributed by atoms with Crippen LogP contribution in [-0.4, -0.2) is 17.6 Å². The van der Waals surface area contributed by atoms with Gasteiger partial charge >= 0.3 is 0 Å². The summed E-state index contributed by atoms with van der Waals surface area (Å²) in [5, 5.41) is 6.96. The lowest BCUT2D eigenvalue weighted by atomic mass is 10.2. The van der Waals surface area contributed by atoms with Gasteiger partial charge in [-0.3, -0.25) is 4.79 Å². The lowest BCUT2D eigenvalue weighted by Gasteiger charge is -2.10. The Morgan fingerprint density at radius 3 is 2.60 bits per heavy atom. The zero-order valence-corrected chi connectivity index (χ0v) is 15.8. The topological polar surface area (TPSA) is 50.4 Å². The first-order valence-corrected chi connectivity index (χ1v) is 8.90. The molecule has 0 bridgehead atoms. The summed E-state index contributed by atoms with van der Waals surface area (Å²) in [6, 6.07) is 14.8. The Balaban J connectivity index is 1.62. The molecule has 0 aromatic heterocycles. The smallest absolute Gasteiger partial charge is 0.226 e. The number of hydrogen-bond donors (Lipinski definition) is 2. The van der Waals surface area contributed by atoms with Crippen molar-refractivity contribution in [2.45, 2.75) is 19.4 Å². The first-order chi connectivity index (χ1) is 12.0. The predicted molar refractivity (Wildman–Crippen MR) is 105 cm³/mol. The second kappa shape index (κ2) is 10.2. The summed E-state index contributed by atoms with van der Waals surface area (Å²) in [5.41, 5.74) is 1.09. The third-order valence-electron chi connectivity index (χ3n) is 3.25. The van der Waals surface area contributed by atoms with E-state index in [9.17, 15) is 4.79 Å². The molecule has 0 unspecified atom stereocenters. The second-order valence-corrected chi connectivity index (χ2v) is 6.50. The highest BCUT2D eigenvalue weighted by atomic mass is 35.5. The Labute approximate surface area is 162 Å². The SMILES string of the molecule is O=C(CCCOc1ccc(Cl)cc1Cl)NC(=S)NCc1ccccc1. The zero-order valence-electron chi connectivity index (χ0n) is 13.4. The molecule has 2 N–H and O–H groups in total. The van der Waals surface area contributed by atoms with Gasteiger partial charge < -0.3 is 15.4 Å². The van der Waals surface area contributed by atoms with E-state index < -0.39 is 0 Å². The van der Waals surface area contributed by atoms with E-state index in [0.717, 1.165) is 5.56 Å². The van der Waals surface area contributed by atoms with E-state index in [2.05, 4.69) is 10.6 Å². The quantitative estimate of drug-likeness (QED) is 0.539. The van der Waals surface area contributed by atoms with Gasteiger partial charge in [0.05, 0.1) is 11.6 Å². The molecule has 2 rings (SSSR count). The summed E-state index contributed by atoms with van der Waals surface area (Å²) in [4.78, 5) is 11.9. The van der Waals surface area contributed by atoms with Crippen LogP contribution >= 0.6 is 35.4 Å². The molecule has 7 heteroatoms. The number of carbonyl (C=O) groups is 1. The number of hydrogen-bond acceptors (Lipinski definition) is 3. The minimum Gasteiger partial charge on any atom is -0.492 e. The molecule has 0 aliphatic carbocycles. The molecule has 132 valence electrons. The third-order valence-corrected chi connectivity index (χ3v) is 4.03. The zero-order chi connectivity index (χ0) is 18.1. The Morgan fingerprint density at radius 2 is 1.88 bits per heavy atom. The van der Waals surface area contributed by atoms with E-state index in [-0.39, 0.29) is 5.91 Å². The summed E-state index contributed by atoms with van der Waals surface area (Å²) in [5.74, 6) is 0.392. The van der Waals surface area contributed by atoms with Gasteiger partial charge in [-0.25, -0.2) is 0 Å². The van der Waals surface area contributed by atoms with Gasteiger partial charge in [0, 0.05) is 18.0 Å². The normalized spacial score (nSPS) is 10.2. The van der Waals surface area contributed by atoms with Crippen molar-refractivity contribution in [2.75, 3.05) is 6.61 Å². The molecule has 0 aliphatic heterocycles. The van der Waals surface area contributed by atoms with Gasteiger partial charge in [0.2, 0.25) is 5.91 Å². The summed E-state index contributed by atoms with van der Waals surface area (Å²) in [6.45, 7) is 0.942. The number of carbonyl (C=O) groups excluding carboxylic acids is 1. The summed E-state index contributed by atoms with van der Waals surface area (Å²) >= 11 is 16.9. The molecule has 0 saturated carbocycles. The van der Waals surface area contributed by atoms with Gasteiger partial charge in [-0.15, -0.1) is 0 Å². The minimum absolute atomic E-state index is 0.156. The average molecular weight is 397 g/mol. The molecule has 0 spiro atoms. The van der Waals surface area contributed by atoms with Crippen molar-refractivity contribution in [3.05, 3.63) is 64.1 Å². The van der Waals surface area contributed by atoms with Crippen molar-refractivity contribution in [1.29, 1.82) is 0 Å². The molecule has 2 aromatic carbocycles. The number of nitrogens with one attached hydrogen (secondary N) is 2. The van der Waals surface area contributed by atoms with Crippen LogP contribution in [0.4, 0.5) is 0 Å². The van der Waals surface area contributed by atoms with Crippen LogP contribution in [0.2, 0.25) is 10.0 Å². The average Bonchev–Trinajstić information content (AvgIpc) is 2.59. The Hall–Kier alpha value is -1.82. The fraction of sp³-hybridized carbons (Fsp3) is 0.222. The Bertz CT molecular complexity index is 726. The van der Waals surface area contributed by atoms with Crippen LogP contribution in [0.3, 0.4) is 0 Å². The third kappa shape index (κ3) is 7.30. The fourth-order valence-electron chi connectivity index (χ4n) is 2.02. The molecule has 0 atom stereocenters. The first kappa shape index (κ1) is 19.5. The maximum absolute atomic E-state index is 11.9. The van der Waals surface area contributed by atoms with Gasteiger partial charge in [0.15, 0.2) is 5.11 Å². The molecule has 0 saturated heterocycles. The minimum atomic E-state index is -0.156. The maximum atomic E-state index is 11.9. The van der Waals surface area contributed by atoms with E-state index in [4.69, 9.17) is 40.2 Å². The number of amides is 1. The summed E-state index contributed by atoms with van der Waals surface area (Å²) < 4.78 is 5.53. The van der Waals surface area contributed by atoms with Gasteiger partial charge in [-0.2, -0.15) is 0 Å². The van der Waals surface area contributed by atoms with Crippen molar-refractivity contribution in [3.63, 3.8) is 0 Å². The number of benzene rings is 2. The highest BCUT2D eigenvalue weighted by Gasteiger charge is 2.06. The maximum Gasteiger partial charge on any atom is 0.226 e. The van der Waals surface area contributed by atoms with E-state index in [1.54, 1.807) is 18.2 Å². The number of thiocarbonyl (C=S) groups is 1. The number of ether oxygens (including phenoxy) is 1. The van der Waals surface area contributed by atoms with Crippen LogP contribution < -0.4 is 15.4 Å². The van der Waals surface area contributed by atoms with Crippen molar-refractivity contribution in [1.82, 2.24) is 10.6 Å². The lowest BCUT2D eigenvalue weighted by Crippen LogP contribution is -2.38. The Kier molecular flexibility index (Phi) is 7.98. The second-order valence-electron chi connectivity index (χ2n) is 5.24. The molecule has 0 heterocycles. The first-order valence-electron chi connectivity index (χ1n) is 7.74. The van der Waals surface area contributed by atoms with E-state index in [0.29, 0.717) is 46.9 Å². The molecule has 4 nitrogen and oxygen atoms in total. The predicted octanol–water partition coefficient (Wildman–Crippen LogP) is 4.34. The molecule has 0 aliphatic rings. The standard InChI is InChI=1S/C18H18Cl2N2O2S/c19-14-8-9-16(15(20)11-14)24-10-4-7-17(23)22-18(25)21-12-13-5-2-1-3-6-13/h1-3,5-6,8-9,11H,4,7,10,12H2,(H2,21,22,23,25). The van der Waals surface area contributed by atoms with Crippen molar-refractivity contribution >= 4 is 46.4 Å². The van der Waals surface area contributed by atoms with E-state index >= 15 is 0 Å². The summed E-state index contributed by atoms with van der Waals surface area (Å²) in [7, 11) is 0. The van der Waals surface area contributed by atoms with Gasteiger partial charge in [-0.1, -0.05) is 53.5 Å². The number of rotatable bonds is 7. The van der Waals surface area contributed by atoms with Crippen molar-refractivity contribution in [2.24, 2.45) is 0 Å². The van der Waals surface area contributed by atoms with Gasteiger partial charge in [0.1, 0.15) is 5.75 Å². The van der Waals surface area contributed by atoms with E-state index in [1.807, 2.05) is 30.3 Å². The van der Waals surface area contributed by atoms with E-state index in [1.165, 1.54) is 0 Å². The molecule has 1 amide bonds. The Morgan fingerprint density at radius 1 is 1.12 bits per heavy atom. The lowest BCUT2D eigenvalue weighted by molar-refractivity contribution is -0.119. The summed E-state index contributed by atoms with van der Waals surface area (Å²) in [6.07, 6.45) is 0.852. The van der Waals surface area contributed by atoms with Gasteiger partial charge in [0.25, 0.3) is 0 Å². The molecule has 0 fully saturated rings. The highest BCUT2D eigenvalue weighted by Crippen LogP contribution is 2.27. The van der Waals surface area contributed by atoms with Crippen LogP contribution in [-0.2, 0) is 11.3 Å². The molecular weight excluding hydrogens is 379 g/mol. The molecule has 25 heavy (non-hydrogen) atoms. The largest absolute Gasteiger partial charge is 0.492 e. The molecule has 2 aromatic rings. The van der Waals surface area contributed by atoms with Crippen LogP contribution in [0.1, 0.15) is 18.4 Å². The van der Waals surface area contributed by atoms with Crippen LogP contribution in [0.5, 0.6) is 5.75 Å². The van der Waals surface area contributed by atoms with Crippen LogP contribution in [0.25, 0.3) is 0 Å². The molecule has 0 radical (unpaired) electrons. The van der Waals surface area contributed by atoms with Crippen LogP contribution in [0, 0.1) is 0 Å². The van der Waals surface area contributed by atoms with Gasteiger partial charge in [-0.05, 0) is 42.4 Å². The van der Waals surface area contributed by atoms with Crippen molar-refractivity contribution < 1.29 is 9.53 Å². The highest BCUT2D eigenvalue weighted by molar-refractivity contribution is 7.80. The van der Waals surface area contributed by atoms with Crippen LogP contribution in [0.15, 0.2) is 48.5 Å². The fourth-order valence-corrected chi connectivity index (χ4v) is 2.67.